The fraction of sp³-hybridized carbons (Fsp3) is 0.556. The topological polar surface area (TPSA) is 348 Å². The largest absolute Gasteiger partial charge is 0.493 e. The van der Waals surface area contributed by atoms with E-state index in [2.05, 4.69) is 15.0 Å². The van der Waals surface area contributed by atoms with Gasteiger partial charge in [-0.1, -0.05) is 0 Å². The molecule has 0 unspecified atom stereocenters. The first-order valence-electron chi connectivity index (χ1n) is 27.1. The number of ether oxygens (including phenoxy) is 15. The second-order valence-corrected chi connectivity index (χ2v) is 24.0. The molecule has 3 aromatic heterocycles. The van der Waals surface area contributed by atoms with Crippen molar-refractivity contribution in [3.05, 3.63) is 98.9 Å². The summed E-state index contributed by atoms with van der Waals surface area (Å²) >= 11 is 0. The average molecular weight is 1230 g/mol. The van der Waals surface area contributed by atoms with E-state index >= 15 is 4.57 Å². The summed E-state index contributed by atoms with van der Waals surface area (Å²) in [6.45, 7) is 7.93. The summed E-state index contributed by atoms with van der Waals surface area (Å²) in [5, 5.41) is 0.128. The molecule has 12 atom stereocenters. The molecule has 6 aliphatic rings. The molecule has 9 heterocycles. The van der Waals surface area contributed by atoms with E-state index in [1.807, 2.05) is 0 Å². The fourth-order valence-electron chi connectivity index (χ4n) is 12.1. The third-order valence-electron chi connectivity index (χ3n) is 15.7. The van der Waals surface area contributed by atoms with Gasteiger partial charge in [0.2, 0.25) is 0 Å². The lowest BCUT2D eigenvalue weighted by Gasteiger charge is -2.28. The van der Waals surface area contributed by atoms with Gasteiger partial charge in [-0.15, -0.1) is 0 Å². The zero-order valence-corrected chi connectivity index (χ0v) is 49.4. The minimum absolute atomic E-state index is 0.0426. The predicted molar refractivity (Wildman–Crippen MR) is 294 cm³/mol. The molecule has 0 spiro atoms. The number of hydrogen-bond donors (Lipinski definition) is 3. The number of methoxy groups -OCH3 is 6. The highest BCUT2D eigenvalue weighted by atomic mass is 31.2. The van der Waals surface area contributed by atoms with Crippen LogP contribution in [0.5, 0.6) is 34.5 Å². The van der Waals surface area contributed by atoms with Crippen molar-refractivity contribution in [2.45, 2.75) is 133 Å². The number of fused-ring (bicyclic) bond motifs is 6. The summed E-state index contributed by atoms with van der Waals surface area (Å²) in [4.78, 5) is 88.8. The summed E-state index contributed by atoms with van der Waals surface area (Å²) < 4.78 is 129. The molecule has 6 aromatic rings. The van der Waals surface area contributed by atoms with Gasteiger partial charge in [0.1, 0.15) is 54.9 Å². The highest BCUT2D eigenvalue weighted by Gasteiger charge is 2.60. The van der Waals surface area contributed by atoms with Crippen molar-refractivity contribution in [2.24, 2.45) is 0 Å². The number of H-pyrrole nitrogens is 3. The molecule has 464 valence electrons. The van der Waals surface area contributed by atoms with Gasteiger partial charge in [0, 0.05) is 18.2 Å². The molecular formula is C54H63N6O25P. The third kappa shape index (κ3) is 10.2. The fourth-order valence-corrected chi connectivity index (χ4v) is 13.3. The number of benzene rings is 3. The van der Waals surface area contributed by atoms with Gasteiger partial charge in [0.15, 0.2) is 70.5 Å². The standard InChI is InChI=1S/C54H63N6O25P/c1-52(2)80-37-34(77-46(40(37)83-52)58-25-16-31(71-10)28(68-7)13-22(25)43(61)55-49(58)64)19-74-86(67,75-20-35-38-41(84-53(3,4)81-38)47(78-35)59-26-17-32(72-11)29(69-8)14-23(26)44(62)56-50(59)65)76-21-36-39-42(85-54(5,6)82-39)48(79-36)60-27-18-33(73-12)30(70-9)15-24(27)45(63)57-51(60)66/h13-18,34-42,46-48H,19-21H2,1-12H3,(H,55,61,64)(H,56,62,65)(H,57,63,66)/t34-,35-,36-,37-,38-,39-,40-,41-,42-,46-,47-,48-/m1/s1. The van der Waals surface area contributed by atoms with Crippen molar-refractivity contribution < 1.29 is 89.2 Å². The van der Waals surface area contributed by atoms with Crippen molar-refractivity contribution in [3.8, 4) is 34.5 Å². The maximum atomic E-state index is 15.8. The zero-order chi connectivity index (χ0) is 61.3. The van der Waals surface area contributed by atoms with E-state index in [1.165, 1.54) is 92.8 Å². The number of nitrogens with zero attached hydrogens (tertiary/aromatic N) is 3. The lowest BCUT2D eigenvalue weighted by atomic mass is 10.1. The molecule has 0 amide bonds. The van der Waals surface area contributed by atoms with Crippen LogP contribution >= 0.6 is 7.82 Å². The second kappa shape index (κ2) is 21.7. The highest BCUT2D eigenvalue weighted by Crippen LogP contribution is 2.55. The summed E-state index contributed by atoms with van der Waals surface area (Å²) in [6.07, 6.45) is -13.9. The first kappa shape index (κ1) is 59.4. The summed E-state index contributed by atoms with van der Waals surface area (Å²) in [5.41, 5.74) is -4.53. The van der Waals surface area contributed by atoms with E-state index < -0.39 is 152 Å². The van der Waals surface area contributed by atoms with E-state index in [9.17, 15) is 28.8 Å². The molecule has 0 radical (unpaired) electrons. The molecule has 31 nitrogen and oxygen atoms in total. The molecule has 3 aromatic carbocycles. The Morgan fingerprint density at radius 2 is 0.628 bits per heavy atom. The van der Waals surface area contributed by atoms with Crippen LogP contribution in [-0.2, 0) is 60.8 Å². The Morgan fingerprint density at radius 1 is 0.395 bits per heavy atom. The third-order valence-corrected chi connectivity index (χ3v) is 17.1. The lowest BCUT2D eigenvalue weighted by Crippen LogP contribution is -2.38. The summed E-state index contributed by atoms with van der Waals surface area (Å²) in [5.74, 6) is -2.65. The summed E-state index contributed by atoms with van der Waals surface area (Å²) in [6, 6.07) is 8.56. The number of aromatic amines is 3. The molecule has 12 rings (SSSR count). The van der Waals surface area contributed by atoms with Crippen LogP contribution in [0.25, 0.3) is 32.7 Å². The molecule has 0 saturated carbocycles. The van der Waals surface area contributed by atoms with Gasteiger partial charge in [-0.05, 0) is 59.7 Å². The van der Waals surface area contributed by atoms with Gasteiger partial charge in [-0.25, -0.2) is 18.9 Å². The highest BCUT2D eigenvalue weighted by molar-refractivity contribution is 7.48. The maximum Gasteiger partial charge on any atom is 0.475 e. The number of phosphoric ester groups is 1. The van der Waals surface area contributed by atoms with Crippen LogP contribution in [0, 0.1) is 0 Å². The molecule has 3 N–H and O–H groups in total. The van der Waals surface area contributed by atoms with Crippen LogP contribution in [-0.4, -0.2) is 163 Å². The average Bonchev–Trinajstić information content (AvgIpc) is 2.24. The monoisotopic (exact) mass is 1230 g/mol. The van der Waals surface area contributed by atoms with E-state index in [4.69, 9.17) is 84.6 Å². The SMILES string of the molecule is COc1cc2c(=O)[nH]c(=O)n([C@@H]3O[C@H](COP(=O)(OC[C@H]4O[C@@H](n5c(=O)[nH]c(=O)c6cc(OC)c(OC)cc65)[C@@H]5OC(C)(C)O[C@@H]54)OC[C@H]4O[C@@H](n5c(=O)[nH]c(=O)c6cc(OC)c(OC)cc65)[C@@H]5OC(C)(C)O[C@@H]54)[C@H]4OC(C)(C)O[C@H]43)c2cc1OC. The van der Waals surface area contributed by atoms with Crippen molar-refractivity contribution in [1.82, 2.24) is 28.7 Å². The van der Waals surface area contributed by atoms with Crippen molar-refractivity contribution >= 4 is 40.5 Å². The number of hydrogen-bond acceptors (Lipinski definition) is 25. The number of rotatable bonds is 18. The van der Waals surface area contributed by atoms with Crippen LogP contribution in [0.4, 0.5) is 0 Å². The van der Waals surface area contributed by atoms with Crippen LogP contribution < -0.4 is 62.2 Å². The van der Waals surface area contributed by atoms with Crippen molar-refractivity contribution in [2.75, 3.05) is 62.5 Å². The quantitative estimate of drug-likeness (QED) is 0.104. The van der Waals surface area contributed by atoms with Gasteiger partial charge in [-0.2, -0.15) is 0 Å². The number of phosphoric acid groups is 1. The first-order chi connectivity index (χ1) is 40.8. The first-order valence-corrected chi connectivity index (χ1v) is 28.6. The molecule has 0 aliphatic carbocycles. The molecule has 86 heavy (non-hydrogen) atoms. The predicted octanol–water partition coefficient (Wildman–Crippen LogP) is 2.56. The van der Waals surface area contributed by atoms with Crippen LogP contribution in [0.3, 0.4) is 0 Å². The maximum absolute atomic E-state index is 15.8. The Labute approximate surface area is 485 Å². The Balaban J connectivity index is 0.893. The van der Waals surface area contributed by atoms with E-state index in [1.54, 1.807) is 41.5 Å². The minimum Gasteiger partial charge on any atom is -0.493 e. The molecular weight excluding hydrogens is 1160 g/mol. The van der Waals surface area contributed by atoms with Gasteiger partial charge in [-0.3, -0.25) is 56.6 Å². The molecule has 32 heteroatoms. The van der Waals surface area contributed by atoms with Gasteiger partial charge in [0.25, 0.3) is 16.7 Å². The second-order valence-electron chi connectivity index (χ2n) is 22.3. The summed E-state index contributed by atoms with van der Waals surface area (Å²) in [7, 11) is 3.29. The van der Waals surface area contributed by atoms with Gasteiger partial charge in [0.05, 0.1) is 95.2 Å². The lowest BCUT2D eigenvalue weighted by molar-refractivity contribution is -0.202. The van der Waals surface area contributed by atoms with E-state index in [-0.39, 0.29) is 67.2 Å². The molecule has 0 bridgehead atoms. The van der Waals surface area contributed by atoms with E-state index in [0.29, 0.717) is 0 Å². The Hall–Kier alpha value is -6.97. The Kier molecular flexibility index (Phi) is 15.0. The molecule has 6 aliphatic heterocycles. The Bertz CT molecular complexity index is 3700. The smallest absolute Gasteiger partial charge is 0.475 e. The molecule has 6 fully saturated rings. The van der Waals surface area contributed by atoms with Crippen LogP contribution in [0.1, 0.15) is 60.2 Å². The van der Waals surface area contributed by atoms with Gasteiger partial charge >= 0.3 is 24.9 Å². The normalized spacial score (nSPS) is 28.7. The minimum atomic E-state index is -5.05. The number of nitrogens with one attached hydrogen (secondary N) is 3. The van der Waals surface area contributed by atoms with Gasteiger partial charge < -0.3 is 71.1 Å². The molecule has 6 saturated heterocycles. The zero-order valence-electron chi connectivity index (χ0n) is 48.5. The Morgan fingerprint density at radius 3 is 0.872 bits per heavy atom. The number of aromatic nitrogens is 6. The van der Waals surface area contributed by atoms with Crippen molar-refractivity contribution in [1.29, 1.82) is 0 Å². The van der Waals surface area contributed by atoms with Crippen LogP contribution in [0.15, 0.2) is 65.2 Å². The van der Waals surface area contributed by atoms with E-state index in [0.717, 1.165) is 0 Å². The van der Waals surface area contributed by atoms with Crippen LogP contribution in [0.2, 0.25) is 0 Å². The van der Waals surface area contributed by atoms with Crippen molar-refractivity contribution in [3.63, 3.8) is 0 Å².